The van der Waals surface area contributed by atoms with Crippen molar-refractivity contribution in [1.82, 2.24) is 14.7 Å². The Balaban J connectivity index is 1.65. The van der Waals surface area contributed by atoms with Crippen molar-refractivity contribution in [3.63, 3.8) is 0 Å². The van der Waals surface area contributed by atoms with Crippen LogP contribution >= 0.6 is 24.0 Å². The first-order valence-corrected chi connectivity index (χ1v) is 9.17. The molecule has 124 valence electrons. The van der Waals surface area contributed by atoms with E-state index in [-0.39, 0.29) is 5.91 Å². The Labute approximate surface area is 155 Å². The molecule has 0 unspecified atom stereocenters. The lowest BCUT2D eigenvalue weighted by Crippen LogP contribution is -2.27. The summed E-state index contributed by atoms with van der Waals surface area (Å²) >= 11 is 6.58. The van der Waals surface area contributed by atoms with E-state index < -0.39 is 0 Å². The van der Waals surface area contributed by atoms with Gasteiger partial charge in [0.1, 0.15) is 4.32 Å². The third-order valence-electron chi connectivity index (χ3n) is 4.09. The first-order valence-electron chi connectivity index (χ1n) is 7.95. The largest absolute Gasteiger partial charge is 0.293 e. The molecule has 1 aromatic heterocycles. The lowest BCUT2D eigenvalue weighted by molar-refractivity contribution is -0.121. The van der Waals surface area contributed by atoms with E-state index in [1.54, 1.807) is 11.1 Å². The zero-order valence-electron chi connectivity index (χ0n) is 13.5. The predicted octanol–water partition coefficient (Wildman–Crippen LogP) is 4.25. The Bertz CT molecular complexity index is 1020. The Morgan fingerprint density at radius 3 is 2.76 bits per heavy atom. The summed E-state index contributed by atoms with van der Waals surface area (Å²) in [6.45, 7) is 2.52. The van der Waals surface area contributed by atoms with Gasteiger partial charge in [0.25, 0.3) is 5.91 Å². The van der Waals surface area contributed by atoms with E-state index in [1.807, 2.05) is 42.1 Å². The maximum Gasteiger partial charge on any atom is 0.266 e. The van der Waals surface area contributed by atoms with Gasteiger partial charge in [-0.3, -0.25) is 9.69 Å². The molecule has 1 fully saturated rings. The van der Waals surface area contributed by atoms with E-state index in [0.717, 1.165) is 11.3 Å². The molecular weight excluding hydrogens is 350 g/mol. The van der Waals surface area contributed by atoms with Crippen molar-refractivity contribution in [3.05, 3.63) is 65.3 Å². The summed E-state index contributed by atoms with van der Waals surface area (Å²) in [6.07, 6.45) is 5.52. The van der Waals surface area contributed by atoms with Crippen LogP contribution in [0.3, 0.4) is 0 Å². The van der Waals surface area contributed by atoms with Gasteiger partial charge in [-0.05, 0) is 35.9 Å². The summed E-state index contributed by atoms with van der Waals surface area (Å²) in [5, 5.41) is 6.79. The summed E-state index contributed by atoms with van der Waals surface area (Å²) in [5.41, 5.74) is 1.87. The second kappa shape index (κ2) is 6.46. The zero-order valence-corrected chi connectivity index (χ0v) is 15.2. The van der Waals surface area contributed by atoms with E-state index >= 15 is 0 Å². The van der Waals surface area contributed by atoms with Crippen molar-refractivity contribution in [2.24, 2.45) is 0 Å². The third kappa shape index (κ3) is 2.99. The molecule has 0 spiro atoms. The first-order chi connectivity index (χ1) is 12.2. The Hall–Kier alpha value is -2.44. The minimum atomic E-state index is -0.0315. The standard InChI is InChI=1S/C19H15N3OS2/c1-2-21-18(23)17(25-19(21)24)9-13-11-20-22(12-13)16-8-7-14-5-3-4-6-15(14)10-16/h3-12H,2H2,1H3/b17-9-. The number of benzene rings is 2. The number of thiocarbonyl (C=S) groups is 1. The molecule has 25 heavy (non-hydrogen) atoms. The third-order valence-corrected chi connectivity index (χ3v) is 5.47. The van der Waals surface area contributed by atoms with Crippen molar-refractivity contribution in [1.29, 1.82) is 0 Å². The van der Waals surface area contributed by atoms with Gasteiger partial charge in [-0.25, -0.2) is 4.68 Å². The molecule has 3 aromatic rings. The molecule has 4 rings (SSSR count). The van der Waals surface area contributed by atoms with Crippen LogP contribution in [0.5, 0.6) is 0 Å². The van der Waals surface area contributed by atoms with Gasteiger partial charge in [-0.2, -0.15) is 5.10 Å². The van der Waals surface area contributed by atoms with Crippen LogP contribution in [0.15, 0.2) is 59.8 Å². The number of likely N-dealkylation sites (N-methyl/N-ethyl adjacent to an activating group) is 1. The number of aromatic nitrogens is 2. The molecule has 2 heterocycles. The number of fused-ring (bicyclic) bond motifs is 1. The van der Waals surface area contributed by atoms with Gasteiger partial charge in [0.2, 0.25) is 0 Å². The van der Waals surface area contributed by atoms with Crippen molar-refractivity contribution >= 4 is 51.1 Å². The first kappa shape index (κ1) is 16.1. The molecule has 1 amide bonds. The second-order valence-electron chi connectivity index (χ2n) is 5.68. The van der Waals surface area contributed by atoms with Crippen molar-refractivity contribution in [3.8, 4) is 5.69 Å². The Morgan fingerprint density at radius 2 is 2.00 bits per heavy atom. The molecule has 0 bridgehead atoms. The van der Waals surface area contributed by atoms with Gasteiger partial charge >= 0.3 is 0 Å². The normalized spacial score (nSPS) is 16.4. The molecule has 2 aromatic carbocycles. The van der Waals surface area contributed by atoms with E-state index in [0.29, 0.717) is 15.8 Å². The van der Waals surface area contributed by atoms with Crippen LogP contribution in [0.2, 0.25) is 0 Å². The maximum atomic E-state index is 12.3. The van der Waals surface area contributed by atoms with E-state index in [9.17, 15) is 4.79 Å². The van der Waals surface area contributed by atoms with Crippen molar-refractivity contribution < 1.29 is 4.79 Å². The second-order valence-corrected chi connectivity index (χ2v) is 7.35. The SMILES string of the molecule is CCN1C(=O)/C(=C/c2cnn(-c3ccc4ccccc4c3)c2)SC1=S. The minimum absolute atomic E-state index is 0.0315. The highest BCUT2D eigenvalue weighted by Gasteiger charge is 2.30. The minimum Gasteiger partial charge on any atom is -0.293 e. The van der Waals surface area contributed by atoms with E-state index in [4.69, 9.17) is 12.2 Å². The quantitative estimate of drug-likeness (QED) is 0.514. The van der Waals surface area contributed by atoms with Gasteiger partial charge in [-0.1, -0.05) is 54.3 Å². The Kier molecular flexibility index (Phi) is 4.15. The number of hydrogen-bond acceptors (Lipinski definition) is 4. The molecule has 0 aliphatic carbocycles. The number of amides is 1. The van der Waals surface area contributed by atoms with E-state index in [1.165, 1.54) is 22.5 Å². The van der Waals surface area contributed by atoms with Crippen LogP contribution in [-0.2, 0) is 4.79 Å². The average molecular weight is 365 g/mol. The van der Waals surface area contributed by atoms with E-state index in [2.05, 4.69) is 29.4 Å². The van der Waals surface area contributed by atoms with Crippen LogP contribution in [0.25, 0.3) is 22.5 Å². The fourth-order valence-corrected chi connectivity index (χ4v) is 4.18. The topological polar surface area (TPSA) is 38.1 Å². The molecule has 6 heteroatoms. The summed E-state index contributed by atoms with van der Waals surface area (Å²) < 4.78 is 2.43. The van der Waals surface area contributed by atoms with Crippen LogP contribution in [0.4, 0.5) is 0 Å². The number of nitrogens with zero attached hydrogens (tertiary/aromatic N) is 3. The molecule has 4 nitrogen and oxygen atoms in total. The number of thioether (sulfide) groups is 1. The highest BCUT2D eigenvalue weighted by molar-refractivity contribution is 8.26. The predicted molar refractivity (Wildman–Crippen MR) is 107 cm³/mol. The molecule has 0 N–H and O–H groups in total. The van der Waals surface area contributed by atoms with Crippen molar-refractivity contribution in [2.75, 3.05) is 6.54 Å². The van der Waals surface area contributed by atoms with Gasteiger partial charge in [-0.15, -0.1) is 0 Å². The molecular formula is C19H15N3OS2. The van der Waals surface area contributed by atoms with Gasteiger partial charge in [0.05, 0.1) is 16.8 Å². The van der Waals surface area contributed by atoms with Crippen molar-refractivity contribution in [2.45, 2.75) is 6.92 Å². The fraction of sp³-hybridized carbons (Fsp3) is 0.105. The molecule has 1 aliphatic heterocycles. The van der Waals surface area contributed by atoms with Gasteiger partial charge in [0, 0.05) is 18.3 Å². The van der Waals surface area contributed by atoms with Crippen LogP contribution < -0.4 is 0 Å². The number of carbonyl (C=O) groups is 1. The number of hydrogen-bond donors (Lipinski definition) is 0. The summed E-state index contributed by atoms with van der Waals surface area (Å²) in [7, 11) is 0. The van der Waals surface area contributed by atoms with Gasteiger partial charge < -0.3 is 0 Å². The molecule has 0 atom stereocenters. The summed E-state index contributed by atoms with van der Waals surface area (Å²) in [4.78, 5) is 14.6. The number of carbonyl (C=O) groups excluding carboxylic acids is 1. The molecule has 1 aliphatic rings. The monoisotopic (exact) mass is 365 g/mol. The molecule has 0 saturated carbocycles. The highest BCUT2D eigenvalue weighted by atomic mass is 32.2. The number of rotatable bonds is 3. The van der Waals surface area contributed by atoms with Gasteiger partial charge in [0.15, 0.2) is 0 Å². The summed E-state index contributed by atoms with van der Waals surface area (Å²) in [6, 6.07) is 14.4. The summed E-state index contributed by atoms with van der Waals surface area (Å²) in [5.74, 6) is -0.0315. The highest BCUT2D eigenvalue weighted by Crippen LogP contribution is 2.32. The lowest BCUT2D eigenvalue weighted by atomic mass is 10.1. The molecule has 0 radical (unpaired) electrons. The van der Waals surface area contributed by atoms with Crippen LogP contribution in [-0.4, -0.2) is 31.5 Å². The van der Waals surface area contributed by atoms with Crippen LogP contribution in [0, 0.1) is 0 Å². The van der Waals surface area contributed by atoms with Crippen LogP contribution in [0.1, 0.15) is 12.5 Å². The lowest BCUT2D eigenvalue weighted by Gasteiger charge is -2.09. The average Bonchev–Trinajstić information content (AvgIpc) is 3.19. The maximum absolute atomic E-state index is 12.3. The smallest absolute Gasteiger partial charge is 0.266 e. The molecule has 1 saturated heterocycles. The zero-order chi connectivity index (χ0) is 17.4. The fourth-order valence-electron chi connectivity index (χ4n) is 2.80. The Morgan fingerprint density at radius 1 is 1.20 bits per heavy atom.